The lowest BCUT2D eigenvalue weighted by Gasteiger charge is -2.10. The summed E-state index contributed by atoms with van der Waals surface area (Å²) in [6.07, 6.45) is 2.98. The van der Waals surface area contributed by atoms with Crippen molar-refractivity contribution in [1.82, 2.24) is 0 Å². The third-order valence-corrected chi connectivity index (χ3v) is 4.81. The molecule has 0 saturated heterocycles. The average molecular weight is 441 g/mol. The summed E-state index contributed by atoms with van der Waals surface area (Å²) in [4.78, 5) is 0. The highest BCUT2D eigenvalue weighted by Crippen LogP contribution is 2.24. The summed E-state index contributed by atoms with van der Waals surface area (Å²) in [5.41, 5.74) is 8.60. The first-order chi connectivity index (χ1) is 14.6. The molecule has 0 radical (unpaired) electrons. The van der Waals surface area contributed by atoms with Gasteiger partial charge in [0.2, 0.25) is 0 Å². The zero-order valence-electron chi connectivity index (χ0n) is 16.6. The van der Waals surface area contributed by atoms with Crippen LogP contribution in [0.2, 0.25) is 5.02 Å². The highest BCUT2D eigenvalue weighted by Gasteiger charge is 2.01. The number of rotatable bonds is 10. The average Bonchev–Trinajstić information content (AvgIpc) is 2.74. The number of benzene rings is 3. The first kappa shape index (κ1) is 21.9. The van der Waals surface area contributed by atoms with Crippen molar-refractivity contribution >= 4 is 34.6 Å². The van der Waals surface area contributed by atoms with Crippen molar-refractivity contribution in [2.45, 2.75) is 19.3 Å². The topological polar surface area (TPSA) is 56.5 Å². The fraction of sp³-hybridized carbons (Fsp3) is 0.208. The molecule has 0 unspecified atom stereocenters. The molecule has 3 aromatic rings. The number of hydrogen-bond donors (Lipinski definition) is 2. The van der Waals surface area contributed by atoms with Crippen molar-refractivity contribution in [2.24, 2.45) is 5.73 Å². The minimum absolute atomic E-state index is 0.242. The van der Waals surface area contributed by atoms with E-state index in [1.807, 2.05) is 60.7 Å². The van der Waals surface area contributed by atoms with Gasteiger partial charge in [-0.2, -0.15) is 0 Å². The lowest BCUT2D eigenvalue weighted by molar-refractivity contribution is 0.279. The molecule has 3 rings (SSSR count). The highest BCUT2D eigenvalue weighted by atomic mass is 35.5. The number of ether oxygens (including phenoxy) is 2. The molecule has 0 aliphatic carbocycles. The zero-order chi connectivity index (χ0) is 21.2. The summed E-state index contributed by atoms with van der Waals surface area (Å²) in [6, 6.07) is 23.6. The fourth-order valence-corrected chi connectivity index (χ4v) is 3.20. The van der Waals surface area contributed by atoms with Gasteiger partial charge in [0.1, 0.15) is 11.5 Å². The Labute approximate surface area is 188 Å². The van der Waals surface area contributed by atoms with Gasteiger partial charge in [0.05, 0.1) is 13.2 Å². The first-order valence-corrected chi connectivity index (χ1v) is 10.7. The SMILES string of the molecule is NC(=S)Nc1cccc(OCCCCCOc2ccc(-c3ccc(Cl)cc3)cc2)c1. The van der Waals surface area contributed by atoms with Crippen LogP contribution in [0.4, 0.5) is 5.69 Å². The largest absolute Gasteiger partial charge is 0.494 e. The Morgan fingerprint density at radius 2 is 1.40 bits per heavy atom. The van der Waals surface area contributed by atoms with Crippen molar-refractivity contribution in [2.75, 3.05) is 18.5 Å². The molecule has 0 aliphatic rings. The second kappa shape index (κ2) is 11.4. The van der Waals surface area contributed by atoms with E-state index in [2.05, 4.69) is 17.4 Å². The van der Waals surface area contributed by atoms with E-state index in [4.69, 9.17) is 39.0 Å². The molecule has 0 fully saturated rings. The smallest absolute Gasteiger partial charge is 0.168 e. The number of halogens is 1. The lowest BCUT2D eigenvalue weighted by atomic mass is 10.1. The number of unbranched alkanes of at least 4 members (excludes halogenated alkanes) is 2. The van der Waals surface area contributed by atoms with Crippen molar-refractivity contribution < 1.29 is 9.47 Å². The summed E-state index contributed by atoms with van der Waals surface area (Å²) in [6.45, 7) is 1.35. The summed E-state index contributed by atoms with van der Waals surface area (Å²) in [5, 5.41) is 3.89. The lowest BCUT2D eigenvalue weighted by Crippen LogP contribution is -2.18. The van der Waals surface area contributed by atoms with Crippen LogP contribution in [0, 0.1) is 0 Å². The van der Waals surface area contributed by atoms with Gasteiger partial charge >= 0.3 is 0 Å². The predicted molar refractivity (Wildman–Crippen MR) is 129 cm³/mol. The van der Waals surface area contributed by atoms with E-state index >= 15 is 0 Å². The van der Waals surface area contributed by atoms with Gasteiger partial charge in [-0.15, -0.1) is 0 Å². The Morgan fingerprint density at radius 1 is 0.800 bits per heavy atom. The molecular formula is C24H25ClN2O2S. The van der Waals surface area contributed by atoms with Gasteiger partial charge in [0.15, 0.2) is 5.11 Å². The monoisotopic (exact) mass is 440 g/mol. The van der Waals surface area contributed by atoms with Crippen LogP contribution >= 0.6 is 23.8 Å². The van der Waals surface area contributed by atoms with Gasteiger partial charge in [-0.25, -0.2) is 0 Å². The highest BCUT2D eigenvalue weighted by molar-refractivity contribution is 7.80. The van der Waals surface area contributed by atoms with E-state index in [0.717, 1.165) is 52.6 Å². The molecular weight excluding hydrogens is 416 g/mol. The van der Waals surface area contributed by atoms with E-state index in [0.29, 0.717) is 13.2 Å². The van der Waals surface area contributed by atoms with Gasteiger partial charge < -0.3 is 20.5 Å². The summed E-state index contributed by atoms with van der Waals surface area (Å²) in [5.74, 6) is 1.68. The van der Waals surface area contributed by atoms with Crippen molar-refractivity contribution in [3.05, 3.63) is 77.8 Å². The van der Waals surface area contributed by atoms with E-state index in [1.54, 1.807) is 0 Å². The number of nitrogens with one attached hydrogen (secondary N) is 1. The second-order valence-electron chi connectivity index (χ2n) is 6.81. The van der Waals surface area contributed by atoms with E-state index in [9.17, 15) is 0 Å². The predicted octanol–water partition coefficient (Wildman–Crippen LogP) is 6.29. The van der Waals surface area contributed by atoms with E-state index in [1.165, 1.54) is 0 Å². The first-order valence-electron chi connectivity index (χ1n) is 9.88. The normalized spacial score (nSPS) is 10.4. The molecule has 6 heteroatoms. The maximum absolute atomic E-state index is 5.94. The Hall–Kier alpha value is -2.76. The fourth-order valence-electron chi connectivity index (χ4n) is 2.95. The van der Waals surface area contributed by atoms with Gasteiger partial charge in [-0.1, -0.05) is 41.9 Å². The number of hydrogen-bond acceptors (Lipinski definition) is 3. The molecule has 0 heterocycles. The summed E-state index contributed by atoms with van der Waals surface area (Å²) < 4.78 is 11.6. The van der Waals surface area contributed by atoms with Crippen molar-refractivity contribution in [1.29, 1.82) is 0 Å². The third kappa shape index (κ3) is 7.25. The third-order valence-electron chi connectivity index (χ3n) is 4.46. The molecule has 0 bridgehead atoms. The van der Waals surface area contributed by atoms with Crippen LogP contribution in [0.15, 0.2) is 72.8 Å². The molecule has 0 amide bonds. The van der Waals surface area contributed by atoms with Crippen LogP contribution in [0.25, 0.3) is 11.1 Å². The number of anilines is 1. The molecule has 30 heavy (non-hydrogen) atoms. The molecule has 0 aliphatic heterocycles. The molecule has 3 N–H and O–H groups in total. The molecule has 156 valence electrons. The van der Waals surface area contributed by atoms with Crippen LogP contribution in [0.3, 0.4) is 0 Å². The molecule has 0 spiro atoms. The maximum atomic E-state index is 5.94. The molecule has 0 saturated carbocycles. The maximum Gasteiger partial charge on any atom is 0.168 e. The van der Waals surface area contributed by atoms with Crippen molar-refractivity contribution in [3.63, 3.8) is 0 Å². The second-order valence-corrected chi connectivity index (χ2v) is 7.68. The van der Waals surface area contributed by atoms with Crippen LogP contribution in [-0.2, 0) is 0 Å². The Bertz CT molecular complexity index is 946. The number of nitrogens with two attached hydrogens (primary N) is 1. The van der Waals surface area contributed by atoms with E-state index < -0.39 is 0 Å². The quantitative estimate of drug-likeness (QED) is 0.286. The van der Waals surface area contributed by atoms with Crippen molar-refractivity contribution in [3.8, 4) is 22.6 Å². The van der Waals surface area contributed by atoms with Crippen LogP contribution in [0.5, 0.6) is 11.5 Å². The molecule has 0 atom stereocenters. The summed E-state index contributed by atoms with van der Waals surface area (Å²) >= 11 is 10.8. The Balaban J connectivity index is 1.32. The number of thiocarbonyl (C=S) groups is 1. The zero-order valence-corrected chi connectivity index (χ0v) is 18.2. The molecule has 0 aromatic heterocycles. The van der Waals surface area contributed by atoms with Gasteiger partial charge in [0.25, 0.3) is 0 Å². The summed E-state index contributed by atoms with van der Waals surface area (Å²) in [7, 11) is 0. The van der Waals surface area contributed by atoms with Gasteiger partial charge in [0, 0.05) is 16.8 Å². The standard InChI is InChI=1S/C24H25ClN2O2S/c25-20-11-7-18(8-12-20)19-9-13-22(14-10-19)28-15-2-1-3-16-29-23-6-4-5-21(17-23)27-24(26)30/h4-14,17H,1-3,15-16H2,(H3,26,27,30). The minimum Gasteiger partial charge on any atom is -0.494 e. The van der Waals surface area contributed by atoms with Crippen LogP contribution in [-0.4, -0.2) is 18.3 Å². The van der Waals surface area contributed by atoms with Gasteiger partial charge in [-0.3, -0.25) is 0 Å². The van der Waals surface area contributed by atoms with Crippen LogP contribution < -0.4 is 20.5 Å². The Morgan fingerprint density at radius 3 is 2.03 bits per heavy atom. The van der Waals surface area contributed by atoms with Gasteiger partial charge in [-0.05, 0) is 79.0 Å². The molecule has 4 nitrogen and oxygen atoms in total. The Kier molecular flexibility index (Phi) is 8.36. The minimum atomic E-state index is 0.242. The molecule has 3 aromatic carbocycles. The van der Waals surface area contributed by atoms with E-state index in [-0.39, 0.29) is 5.11 Å². The van der Waals surface area contributed by atoms with Crippen LogP contribution in [0.1, 0.15) is 19.3 Å².